The van der Waals surface area contributed by atoms with Gasteiger partial charge in [0, 0.05) is 38.4 Å². The summed E-state index contributed by atoms with van der Waals surface area (Å²) in [5, 5.41) is 9.25. The molecule has 1 heterocycles. The van der Waals surface area contributed by atoms with Crippen molar-refractivity contribution in [3.63, 3.8) is 0 Å². The van der Waals surface area contributed by atoms with Crippen LogP contribution < -0.4 is 4.90 Å². The number of benzene rings is 2. The van der Waals surface area contributed by atoms with Crippen LogP contribution in [0.15, 0.2) is 48.5 Å². The van der Waals surface area contributed by atoms with Gasteiger partial charge in [0.05, 0.1) is 5.56 Å². The zero-order chi connectivity index (χ0) is 16.2. The quantitative estimate of drug-likeness (QED) is 0.942. The fourth-order valence-corrected chi connectivity index (χ4v) is 2.92. The average molecular weight is 314 g/mol. The molecule has 0 saturated carbocycles. The highest BCUT2D eigenvalue weighted by atomic mass is 19.1. The fraction of sp³-hybridized carbons (Fsp3) is 0.278. The number of hydrogen-bond acceptors (Lipinski definition) is 3. The number of carbonyl (C=O) groups is 1. The van der Waals surface area contributed by atoms with Gasteiger partial charge in [-0.05, 0) is 35.9 Å². The van der Waals surface area contributed by atoms with Crippen molar-refractivity contribution in [2.75, 3.05) is 31.1 Å². The molecule has 1 fully saturated rings. The van der Waals surface area contributed by atoms with Gasteiger partial charge in [0.1, 0.15) is 5.82 Å². The van der Waals surface area contributed by atoms with Crippen molar-refractivity contribution in [1.29, 1.82) is 0 Å². The van der Waals surface area contributed by atoms with Crippen LogP contribution in [0.5, 0.6) is 0 Å². The van der Waals surface area contributed by atoms with Crippen molar-refractivity contribution in [3.05, 3.63) is 65.5 Å². The molecule has 2 aromatic rings. The summed E-state index contributed by atoms with van der Waals surface area (Å²) in [6, 6.07) is 13.7. The summed E-state index contributed by atoms with van der Waals surface area (Å²) < 4.78 is 13.0. The maximum absolute atomic E-state index is 13.0. The van der Waals surface area contributed by atoms with E-state index in [4.69, 9.17) is 0 Å². The van der Waals surface area contributed by atoms with Crippen molar-refractivity contribution in [2.45, 2.75) is 6.54 Å². The topological polar surface area (TPSA) is 43.8 Å². The van der Waals surface area contributed by atoms with Gasteiger partial charge in [-0.2, -0.15) is 0 Å². The summed E-state index contributed by atoms with van der Waals surface area (Å²) in [5.41, 5.74) is 2.24. The summed E-state index contributed by atoms with van der Waals surface area (Å²) in [5.74, 6) is -1.11. The van der Waals surface area contributed by atoms with E-state index in [1.54, 1.807) is 24.3 Å². The zero-order valence-electron chi connectivity index (χ0n) is 12.8. The van der Waals surface area contributed by atoms with Crippen molar-refractivity contribution in [1.82, 2.24) is 4.90 Å². The lowest BCUT2D eigenvalue weighted by Crippen LogP contribution is -2.46. The minimum absolute atomic E-state index is 0.224. The summed E-state index contributed by atoms with van der Waals surface area (Å²) in [4.78, 5) is 15.7. The number of anilines is 1. The van der Waals surface area contributed by atoms with Gasteiger partial charge < -0.3 is 10.0 Å². The van der Waals surface area contributed by atoms with Gasteiger partial charge in [-0.1, -0.05) is 18.2 Å². The molecule has 4 nitrogen and oxygen atoms in total. The molecule has 23 heavy (non-hydrogen) atoms. The van der Waals surface area contributed by atoms with Crippen molar-refractivity contribution in [3.8, 4) is 0 Å². The summed E-state index contributed by atoms with van der Waals surface area (Å²) >= 11 is 0. The molecule has 0 radical (unpaired) electrons. The van der Waals surface area contributed by atoms with Crippen LogP contribution in [-0.4, -0.2) is 42.2 Å². The molecule has 3 rings (SSSR count). The Balaban J connectivity index is 1.61. The minimum atomic E-state index is -0.884. The first-order valence-electron chi connectivity index (χ1n) is 7.67. The van der Waals surface area contributed by atoms with Gasteiger partial charge in [-0.15, -0.1) is 0 Å². The van der Waals surface area contributed by atoms with Crippen LogP contribution in [-0.2, 0) is 6.54 Å². The van der Waals surface area contributed by atoms with Crippen LogP contribution in [0.1, 0.15) is 15.9 Å². The van der Waals surface area contributed by atoms with E-state index in [9.17, 15) is 14.3 Å². The molecule has 1 aliphatic heterocycles. The Morgan fingerprint density at radius 3 is 2.30 bits per heavy atom. The Hall–Kier alpha value is -2.40. The first-order valence-corrected chi connectivity index (χ1v) is 7.67. The Kier molecular flexibility index (Phi) is 4.57. The molecule has 0 aliphatic carbocycles. The van der Waals surface area contributed by atoms with Crippen molar-refractivity contribution in [2.24, 2.45) is 0 Å². The number of carboxylic acids is 1. The predicted octanol–water partition coefficient (Wildman–Crippen LogP) is 2.85. The number of carboxylic acid groups (broad SMARTS) is 1. The molecule has 1 N–H and O–H groups in total. The van der Waals surface area contributed by atoms with E-state index in [1.807, 2.05) is 12.1 Å². The molecule has 0 amide bonds. The SMILES string of the molecule is O=C(O)c1ccccc1CN1CCN(c2ccc(F)cc2)CC1. The van der Waals surface area contributed by atoms with Gasteiger partial charge in [0.15, 0.2) is 0 Å². The number of aromatic carboxylic acids is 1. The van der Waals surface area contributed by atoms with E-state index < -0.39 is 5.97 Å². The van der Waals surface area contributed by atoms with E-state index in [0.29, 0.717) is 12.1 Å². The highest BCUT2D eigenvalue weighted by Gasteiger charge is 2.19. The van der Waals surface area contributed by atoms with Gasteiger partial charge in [0.25, 0.3) is 0 Å². The second kappa shape index (κ2) is 6.79. The van der Waals surface area contributed by atoms with E-state index >= 15 is 0 Å². The summed E-state index contributed by atoms with van der Waals surface area (Å²) in [6.45, 7) is 4.04. The molecule has 2 aromatic carbocycles. The van der Waals surface area contributed by atoms with Gasteiger partial charge in [-0.3, -0.25) is 4.90 Å². The Morgan fingerprint density at radius 2 is 1.65 bits per heavy atom. The third-order valence-electron chi connectivity index (χ3n) is 4.21. The number of nitrogens with zero attached hydrogens (tertiary/aromatic N) is 2. The molecule has 0 spiro atoms. The second-order valence-corrected chi connectivity index (χ2v) is 5.70. The first kappa shape index (κ1) is 15.5. The monoisotopic (exact) mass is 314 g/mol. The molecule has 0 atom stereocenters. The fourth-order valence-electron chi connectivity index (χ4n) is 2.92. The molecule has 120 valence electrons. The van der Waals surface area contributed by atoms with E-state index in [1.165, 1.54) is 12.1 Å². The molecule has 1 saturated heterocycles. The van der Waals surface area contributed by atoms with Crippen molar-refractivity contribution < 1.29 is 14.3 Å². The highest BCUT2D eigenvalue weighted by Crippen LogP contribution is 2.19. The third-order valence-corrected chi connectivity index (χ3v) is 4.21. The van der Waals surface area contributed by atoms with Crippen LogP contribution in [0, 0.1) is 5.82 Å². The lowest BCUT2D eigenvalue weighted by Gasteiger charge is -2.36. The smallest absolute Gasteiger partial charge is 0.336 e. The predicted molar refractivity (Wildman–Crippen MR) is 87.3 cm³/mol. The number of halogens is 1. The molecule has 5 heteroatoms. The maximum Gasteiger partial charge on any atom is 0.336 e. The maximum atomic E-state index is 13.0. The normalized spacial score (nSPS) is 15.6. The Bertz CT molecular complexity index is 680. The second-order valence-electron chi connectivity index (χ2n) is 5.70. The first-order chi connectivity index (χ1) is 11.1. The van der Waals surface area contributed by atoms with Gasteiger partial charge in [0.2, 0.25) is 0 Å². The standard InChI is InChI=1S/C18H19FN2O2/c19-15-5-7-16(8-6-15)21-11-9-20(10-12-21)13-14-3-1-2-4-17(14)18(22)23/h1-8H,9-13H2,(H,22,23). The van der Waals surface area contributed by atoms with Crippen LogP contribution in [0.25, 0.3) is 0 Å². The summed E-state index contributed by atoms with van der Waals surface area (Å²) in [6.07, 6.45) is 0. The zero-order valence-corrected chi connectivity index (χ0v) is 12.8. The molecular formula is C18H19FN2O2. The lowest BCUT2D eigenvalue weighted by molar-refractivity contribution is 0.0694. The molecule has 0 aromatic heterocycles. The number of piperazine rings is 1. The largest absolute Gasteiger partial charge is 0.478 e. The Morgan fingerprint density at radius 1 is 1.00 bits per heavy atom. The average Bonchev–Trinajstić information content (AvgIpc) is 2.57. The van der Waals surface area contributed by atoms with Crippen molar-refractivity contribution >= 4 is 11.7 Å². The third kappa shape index (κ3) is 3.68. The minimum Gasteiger partial charge on any atom is -0.478 e. The highest BCUT2D eigenvalue weighted by molar-refractivity contribution is 5.89. The van der Waals surface area contributed by atoms with E-state index in [2.05, 4.69) is 9.80 Å². The van der Waals surface area contributed by atoms with Gasteiger partial charge >= 0.3 is 5.97 Å². The van der Waals surface area contributed by atoms with Crippen LogP contribution in [0.4, 0.5) is 10.1 Å². The van der Waals surface area contributed by atoms with Crippen LogP contribution in [0.2, 0.25) is 0 Å². The molecule has 0 bridgehead atoms. The summed E-state index contributed by atoms with van der Waals surface area (Å²) in [7, 11) is 0. The molecule has 0 unspecified atom stereocenters. The number of rotatable bonds is 4. The van der Waals surface area contributed by atoms with Crippen LogP contribution in [0.3, 0.4) is 0 Å². The number of hydrogen-bond donors (Lipinski definition) is 1. The van der Waals surface area contributed by atoms with E-state index in [0.717, 1.165) is 37.4 Å². The molecular weight excluding hydrogens is 295 g/mol. The van der Waals surface area contributed by atoms with Gasteiger partial charge in [-0.25, -0.2) is 9.18 Å². The Labute approximate surface area is 134 Å². The lowest BCUT2D eigenvalue weighted by atomic mass is 10.1. The van der Waals surface area contributed by atoms with Crippen LogP contribution >= 0.6 is 0 Å². The van der Waals surface area contributed by atoms with E-state index in [-0.39, 0.29) is 5.82 Å². The molecule has 1 aliphatic rings.